The normalized spacial score (nSPS) is 10.4. The van der Waals surface area contributed by atoms with Crippen molar-refractivity contribution in [3.05, 3.63) is 58.0 Å². The lowest BCUT2D eigenvalue weighted by Crippen LogP contribution is -2.14. The van der Waals surface area contributed by atoms with Gasteiger partial charge in [-0.1, -0.05) is 43.7 Å². The number of unbranched alkanes of at least 4 members (excludes halogenated alkanes) is 1. The van der Waals surface area contributed by atoms with Gasteiger partial charge in [-0.25, -0.2) is 4.98 Å². The zero-order valence-corrected chi connectivity index (χ0v) is 11.1. The summed E-state index contributed by atoms with van der Waals surface area (Å²) in [6, 6.07) is 11.6. The summed E-state index contributed by atoms with van der Waals surface area (Å²) in [5.41, 5.74) is 1.90. The maximum absolute atomic E-state index is 11.6. The highest BCUT2D eigenvalue weighted by molar-refractivity contribution is 5.28. The first-order valence-electron chi connectivity index (χ1n) is 6.66. The molecule has 100 valence electrons. The number of rotatable bonds is 6. The molecule has 4 nitrogen and oxygen atoms in total. The molecule has 0 spiro atoms. The largest absolute Gasteiger partial charge is 0.352 e. The standard InChI is InChI=1S/C15H19N3O/c1-2-3-9-13-10-14(19)18-15(17-13)16-11-12-7-5-4-6-8-12/h4-8,10H,2-3,9,11H2,1H3,(H2,16,17,18,19). The molecule has 0 amide bonds. The molecular formula is C15H19N3O. The number of H-pyrrole nitrogens is 1. The lowest BCUT2D eigenvalue weighted by atomic mass is 10.2. The van der Waals surface area contributed by atoms with Crippen LogP contribution in [0.4, 0.5) is 5.95 Å². The summed E-state index contributed by atoms with van der Waals surface area (Å²) in [6.45, 7) is 2.78. The number of aromatic amines is 1. The van der Waals surface area contributed by atoms with Crippen LogP contribution >= 0.6 is 0 Å². The van der Waals surface area contributed by atoms with Crippen molar-refractivity contribution in [2.75, 3.05) is 5.32 Å². The van der Waals surface area contributed by atoms with Gasteiger partial charge in [0.2, 0.25) is 5.95 Å². The fraction of sp³-hybridized carbons (Fsp3) is 0.333. The number of benzene rings is 1. The summed E-state index contributed by atoms with van der Waals surface area (Å²) in [5.74, 6) is 0.544. The lowest BCUT2D eigenvalue weighted by molar-refractivity contribution is 0.771. The molecule has 1 aromatic heterocycles. The predicted molar refractivity (Wildman–Crippen MR) is 77.2 cm³/mol. The van der Waals surface area contributed by atoms with E-state index in [2.05, 4.69) is 22.2 Å². The number of nitrogens with zero attached hydrogens (tertiary/aromatic N) is 1. The van der Waals surface area contributed by atoms with Crippen molar-refractivity contribution in [2.45, 2.75) is 32.7 Å². The first-order chi connectivity index (χ1) is 9.28. The van der Waals surface area contributed by atoms with Gasteiger partial charge in [-0.3, -0.25) is 9.78 Å². The zero-order valence-electron chi connectivity index (χ0n) is 11.1. The second-order valence-corrected chi connectivity index (χ2v) is 4.53. The third-order valence-electron chi connectivity index (χ3n) is 2.88. The molecular weight excluding hydrogens is 238 g/mol. The summed E-state index contributed by atoms with van der Waals surface area (Å²) in [6.07, 6.45) is 3.00. The molecule has 2 rings (SSSR count). The summed E-state index contributed by atoms with van der Waals surface area (Å²) >= 11 is 0. The number of aromatic nitrogens is 2. The maximum atomic E-state index is 11.6. The van der Waals surface area contributed by atoms with E-state index in [0.29, 0.717) is 12.5 Å². The maximum Gasteiger partial charge on any atom is 0.252 e. The Morgan fingerprint density at radius 1 is 1.26 bits per heavy atom. The minimum Gasteiger partial charge on any atom is -0.352 e. The van der Waals surface area contributed by atoms with Gasteiger partial charge in [-0.05, 0) is 18.4 Å². The van der Waals surface area contributed by atoms with Gasteiger partial charge >= 0.3 is 0 Å². The van der Waals surface area contributed by atoms with E-state index in [-0.39, 0.29) is 5.56 Å². The molecule has 0 atom stereocenters. The molecule has 1 heterocycles. The summed E-state index contributed by atoms with van der Waals surface area (Å²) < 4.78 is 0. The van der Waals surface area contributed by atoms with Crippen molar-refractivity contribution in [3.8, 4) is 0 Å². The van der Waals surface area contributed by atoms with Crippen LogP contribution in [0.15, 0.2) is 41.2 Å². The van der Waals surface area contributed by atoms with Crippen LogP contribution in [0.2, 0.25) is 0 Å². The van der Waals surface area contributed by atoms with Gasteiger partial charge in [0.25, 0.3) is 5.56 Å². The fourth-order valence-electron chi connectivity index (χ4n) is 1.86. The van der Waals surface area contributed by atoms with Crippen LogP contribution in [0.1, 0.15) is 31.0 Å². The molecule has 0 fully saturated rings. The SMILES string of the molecule is CCCCc1cc(=O)[nH]c(NCc2ccccc2)n1. The Balaban J connectivity index is 2.03. The van der Waals surface area contributed by atoms with Crippen LogP contribution in [0.25, 0.3) is 0 Å². The van der Waals surface area contributed by atoms with Crippen molar-refractivity contribution in [1.29, 1.82) is 0 Å². The molecule has 0 aliphatic rings. The summed E-state index contributed by atoms with van der Waals surface area (Å²) in [4.78, 5) is 18.7. The average molecular weight is 257 g/mol. The highest BCUT2D eigenvalue weighted by atomic mass is 16.1. The smallest absolute Gasteiger partial charge is 0.252 e. The number of aryl methyl sites for hydroxylation is 1. The molecule has 19 heavy (non-hydrogen) atoms. The monoisotopic (exact) mass is 257 g/mol. The minimum atomic E-state index is -0.100. The average Bonchev–Trinajstić information content (AvgIpc) is 2.43. The summed E-state index contributed by atoms with van der Waals surface area (Å²) in [5, 5.41) is 3.15. The van der Waals surface area contributed by atoms with Gasteiger partial charge in [0.15, 0.2) is 0 Å². The highest BCUT2D eigenvalue weighted by Gasteiger charge is 2.01. The van der Waals surface area contributed by atoms with Gasteiger partial charge in [-0.2, -0.15) is 0 Å². The van der Waals surface area contributed by atoms with Gasteiger partial charge in [0.1, 0.15) is 0 Å². The van der Waals surface area contributed by atoms with Gasteiger partial charge < -0.3 is 5.32 Å². The minimum absolute atomic E-state index is 0.100. The molecule has 4 heteroatoms. The van der Waals surface area contributed by atoms with E-state index < -0.39 is 0 Å². The Bertz CT molecular complexity index is 563. The van der Waals surface area contributed by atoms with E-state index in [0.717, 1.165) is 30.5 Å². The van der Waals surface area contributed by atoms with Crippen LogP contribution < -0.4 is 10.9 Å². The Hall–Kier alpha value is -2.10. The molecule has 0 bridgehead atoms. The predicted octanol–water partition coefficient (Wildman–Crippen LogP) is 2.72. The van der Waals surface area contributed by atoms with E-state index in [1.807, 2.05) is 30.3 Å². The second-order valence-electron chi connectivity index (χ2n) is 4.53. The van der Waals surface area contributed by atoms with Crippen LogP contribution in [0.5, 0.6) is 0 Å². The molecule has 2 N–H and O–H groups in total. The van der Waals surface area contributed by atoms with Crippen molar-refractivity contribution in [3.63, 3.8) is 0 Å². The van der Waals surface area contributed by atoms with E-state index in [9.17, 15) is 4.79 Å². The van der Waals surface area contributed by atoms with E-state index >= 15 is 0 Å². The zero-order chi connectivity index (χ0) is 13.5. The molecule has 0 aliphatic carbocycles. The Kier molecular flexibility index (Phi) is 4.72. The van der Waals surface area contributed by atoms with Crippen molar-refractivity contribution >= 4 is 5.95 Å². The van der Waals surface area contributed by atoms with Crippen LogP contribution in [-0.4, -0.2) is 9.97 Å². The first kappa shape index (κ1) is 13.3. The van der Waals surface area contributed by atoms with Gasteiger partial charge in [0.05, 0.1) is 0 Å². The quantitative estimate of drug-likeness (QED) is 0.836. The number of nitrogens with one attached hydrogen (secondary N) is 2. The second kappa shape index (κ2) is 6.73. The molecule has 0 radical (unpaired) electrons. The lowest BCUT2D eigenvalue weighted by Gasteiger charge is -2.07. The molecule has 0 saturated carbocycles. The third kappa shape index (κ3) is 4.25. The topological polar surface area (TPSA) is 57.8 Å². The van der Waals surface area contributed by atoms with Crippen LogP contribution in [-0.2, 0) is 13.0 Å². The van der Waals surface area contributed by atoms with Gasteiger partial charge in [-0.15, -0.1) is 0 Å². The molecule has 0 saturated heterocycles. The molecule has 1 aromatic carbocycles. The van der Waals surface area contributed by atoms with E-state index in [1.54, 1.807) is 6.07 Å². The highest BCUT2D eigenvalue weighted by Crippen LogP contribution is 2.05. The van der Waals surface area contributed by atoms with E-state index in [1.165, 1.54) is 0 Å². The number of hydrogen-bond acceptors (Lipinski definition) is 3. The van der Waals surface area contributed by atoms with Crippen molar-refractivity contribution in [1.82, 2.24) is 9.97 Å². The van der Waals surface area contributed by atoms with Crippen LogP contribution in [0, 0.1) is 0 Å². The Labute approximate surface area is 112 Å². The van der Waals surface area contributed by atoms with Gasteiger partial charge in [0, 0.05) is 18.3 Å². The Morgan fingerprint density at radius 3 is 2.79 bits per heavy atom. The van der Waals surface area contributed by atoms with Crippen molar-refractivity contribution < 1.29 is 0 Å². The fourth-order valence-corrected chi connectivity index (χ4v) is 1.86. The first-order valence-corrected chi connectivity index (χ1v) is 6.66. The van der Waals surface area contributed by atoms with Crippen molar-refractivity contribution in [2.24, 2.45) is 0 Å². The Morgan fingerprint density at radius 2 is 2.05 bits per heavy atom. The molecule has 0 unspecified atom stereocenters. The number of hydrogen-bond donors (Lipinski definition) is 2. The third-order valence-corrected chi connectivity index (χ3v) is 2.88. The molecule has 2 aromatic rings. The van der Waals surface area contributed by atoms with E-state index in [4.69, 9.17) is 0 Å². The van der Waals surface area contributed by atoms with Crippen LogP contribution in [0.3, 0.4) is 0 Å². The summed E-state index contributed by atoms with van der Waals surface area (Å²) in [7, 11) is 0. The molecule has 0 aliphatic heterocycles. The number of anilines is 1.